The summed E-state index contributed by atoms with van der Waals surface area (Å²) in [5.74, 6) is 2.39. The number of thioether (sulfide) groups is 1. The summed E-state index contributed by atoms with van der Waals surface area (Å²) in [4.78, 5) is 14.3. The second kappa shape index (κ2) is 6.34. The van der Waals surface area contributed by atoms with Crippen molar-refractivity contribution in [3.05, 3.63) is 0 Å². The zero-order valence-electron chi connectivity index (χ0n) is 13.7. The fraction of sp³-hybridized carbons (Fsp3) is 0.812. The maximum atomic E-state index is 11.9. The second-order valence-corrected chi connectivity index (χ2v) is 8.13. The summed E-state index contributed by atoms with van der Waals surface area (Å²) in [6.07, 6.45) is 7.13. The average molecular weight is 335 g/mol. The number of anilines is 1. The third kappa shape index (κ3) is 3.65. The molecule has 3 aliphatic rings. The van der Waals surface area contributed by atoms with E-state index in [1.54, 1.807) is 0 Å². The normalized spacial score (nSPS) is 22.4. The van der Waals surface area contributed by atoms with Gasteiger partial charge in [-0.25, -0.2) is 0 Å². The first-order chi connectivity index (χ1) is 11.2. The van der Waals surface area contributed by atoms with Crippen LogP contribution in [0.1, 0.15) is 51.5 Å². The number of nitrogens with zero attached hydrogens (tertiary/aromatic N) is 4. The van der Waals surface area contributed by atoms with Crippen molar-refractivity contribution in [1.29, 1.82) is 0 Å². The molecule has 2 heterocycles. The molecule has 1 amide bonds. The topological polar surface area (TPSA) is 63.1 Å². The molecule has 6 nitrogen and oxygen atoms in total. The molecule has 1 N–H and O–H groups in total. The van der Waals surface area contributed by atoms with E-state index in [1.165, 1.54) is 37.4 Å². The third-order valence-corrected chi connectivity index (χ3v) is 5.84. The zero-order chi connectivity index (χ0) is 15.8. The molecule has 0 atom stereocenters. The maximum Gasteiger partial charge on any atom is 0.230 e. The Labute approximate surface area is 141 Å². The Balaban J connectivity index is 1.43. The molecule has 7 heteroatoms. The van der Waals surface area contributed by atoms with E-state index in [0.717, 1.165) is 43.0 Å². The number of piperidine rings is 1. The zero-order valence-corrected chi connectivity index (χ0v) is 14.5. The van der Waals surface area contributed by atoms with Crippen molar-refractivity contribution < 1.29 is 4.79 Å². The van der Waals surface area contributed by atoms with Crippen LogP contribution in [-0.4, -0.2) is 45.6 Å². The second-order valence-electron chi connectivity index (χ2n) is 7.18. The highest BCUT2D eigenvalue weighted by molar-refractivity contribution is 7.99. The van der Waals surface area contributed by atoms with Gasteiger partial charge >= 0.3 is 0 Å². The van der Waals surface area contributed by atoms with Gasteiger partial charge in [-0.1, -0.05) is 18.7 Å². The van der Waals surface area contributed by atoms with Crippen LogP contribution in [-0.2, 0) is 4.79 Å². The molecule has 2 aliphatic carbocycles. The molecule has 1 aromatic heterocycles. The summed E-state index contributed by atoms with van der Waals surface area (Å²) in [6, 6.07) is 0.962. The highest BCUT2D eigenvalue weighted by atomic mass is 32.2. The number of aromatic nitrogens is 3. The van der Waals surface area contributed by atoms with Gasteiger partial charge in [0, 0.05) is 25.2 Å². The molecule has 2 saturated carbocycles. The Bertz CT molecular complexity index is 573. The highest BCUT2D eigenvalue weighted by Gasteiger charge is 2.33. The predicted molar refractivity (Wildman–Crippen MR) is 90.8 cm³/mol. The van der Waals surface area contributed by atoms with Gasteiger partial charge in [-0.2, -0.15) is 0 Å². The van der Waals surface area contributed by atoms with Crippen molar-refractivity contribution in [3.63, 3.8) is 0 Å². The summed E-state index contributed by atoms with van der Waals surface area (Å²) >= 11 is 1.53. The minimum absolute atomic E-state index is 0.121. The van der Waals surface area contributed by atoms with Crippen LogP contribution in [0.15, 0.2) is 5.16 Å². The molecular formula is C16H25N5OS. The molecule has 126 valence electrons. The fourth-order valence-electron chi connectivity index (χ4n) is 3.07. The lowest BCUT2D eigenvalue weighted by molar-refractivity contribution is -0.118. The molecule has 0 bridgehead atoms. The molecule has 1 aliphatic heterocycles. The maximum absolute atomic E-state index is 11.9. The molecule has 4 rings (SSSR count). The number of carbonyl (C=O) groups is 1. The Hall–Kier alpha value is -1.24. The number of hydrogen-bond donors (Lipinski definition) is 1. The lowest BCUT2D eigenvalue weighted by Crippen LogP contribution is -2.34. The van der Waals surface area contributed by atoms with Crippen molar-refractivity contribution in [3.8, 4) is 0 Å². The molecule has 0 unspecified atom stereocenters. The number of amides is 1. The summed E-state index contributed by atoms with van der Waals surface area (Å²) in [6.45, 7) is 4.46. The van der Waals surface area contributed by atoms with Crippen molar-refractivity contribution in [2.75, 3.05) is 23.7 Å². The van der Waals surface area contributed by atoms with Crippen LogP contribution in [0.5, 0.6) is 0 Å². The number of carbonyl (C=O) groups excluding carboxylic acids is 1. The quantitative estimate of drug-likeness (QED) is 0.808. The van der Waals surface area contributed by atoms with Crippen LogP contribution in [0.3, 0.4) is 0 Å². The van der Waals surface area contributed by atoms with E-state index in [9.17, 15) is 4.79 Å². The minimum Gasteiger partial charge on any atom is -0.353 e. The standard InChI is InChI=1S/C16H25N5OS/c1-11-6-8-20(9-7-11)15-18-19-16(21(15)13-4-5-13)23-10-14(22)17-12-2-3-12/h11-13H,2-10H2,1H3,(H,17,22). The van der Waals surface area contributed by atoms with Crippen LogP contribution in [0, 0.1) is 5.92 Å². The van der Waals surface area contributed by atoms with Gasteiger partial charge < -0.3 is 10.2 Å². The number of nitrogens with one attached hydrogen (secondary N) is 1. The molecule has 3 fully saturated rings. The van der Waals surface area contributed by atoms with E-state index in [-0.39, 0.29) is 5.91 Å². The largest absolute Gasteiger partial charge is 0.353 e. The molecule has 1 aromatic rings. The molecule has 0 aromatic carbocycles. The Morgan fingerprint density at radius 1 is 1.17 bits per heavy atom. The molecule has 1 saturated heterocycles. The van der Waals surface area contributed by atoms with E-state index >= 15 is 0 Å². The third-order valence-electron chi connectivity index (χ3n) is 4.90. The van der Waals surface area contributed by atoms with Crippen LogP contribution in [0.2, 0.25) is 0 Å². The SMILES string of the molecule is CC1CCN(c2nnc(SCC(=O)NC3CC3)n2C2CC2)CC1. The lowest BCUT2D eigenvalue weighted by atomic mass is 10.00. The van der Waals surface area contributed by atoms with Gasteiger partial charge in [0.1, 0.15) is 0 Å². The first-order valence-corrected chi connectivity index (χ1v) is 9.81. The van der Waals surface area contributed by atoms with E-state index in [4.69, 9.17) is 0 Å². The predicted octanol–water partition coefficient (Wildman–Crippen LogP) is 2.22. The first kappa shape index (κ1) is 15.3. The van der Waals surface area contributed by atoms with Crippen LogP contribution in [0.4, 0.5) is 5.95 Å². The van der Waals surface area contributed by atoms with Gasteiger partial charge in [0.25, 0.3) is 0 Å². The smallest absolute Gasteiger partial charge is 0.230 e. The van der Waals surface area contributed by atoms with Gasteiger partial charge in [0.15, 0.2) is 5.16 Å². The average Bonchev–Trinajstić information content (AvgIpc) is 3.47. The van der Waals surface area contributed by atoms with Crippen LogP contribution >= 0.6 is 11.8 Å². The van der Waals surface area contributed by atoms with Crippen LogP contribution < -0.4 is 10.2 Å². The van der Waals surface area contributed by atoms with Gasteiger partial charge in [-0.05, 0) is 44.4 Å². The summed E-state index contributed by atoms with van der Waals surface area (Å²) in [5.41, 5.74) is 0. The molecular weight excluding hydrogens is 310 g/mol. The van der Waals surface area contributed by atoms with Gasteiger partial charge in [0.2, 0.25) is 11.9 Å². The van der Waals surface area contributed by atoms with E-state index < -0.39 is 0 Å². The van der Waals surface area contributed by atoms with Crippen molar-refractivity contribution in [1.82, 2.24) is 20.1 Å². The molecule has 0 radical (unpaired) electrons. The van der Waals surface area contributed by atoms with E-state index in [0.29, 0.717) is 17.8 Å². The van der Waals surface area contributed by atoms with E-state index in [2.05, 4.69) is 31.9 Å². The monoisotopic (exact) mass is 335 g/mol. The minimum atomic E-state index is 0.121. The van der Waals surface area contributed by atoms with Gasteiger partial charge in [-0.3, -0.25) is 9.36 Å². The van der Waals surface area contributed by atoms with Gasteiger partial charge in [-0.15, -0.1) is 10.2 Å². The number of rotatable bonds is 6. The number of hydrogen-bond acceptors (Lipinski definition) is 5. The molecule has 0 spiro atoms. The van der Waals surface area contributed by atoms with Crippen LogP contribution in [0.25, 0.3) is 0 Å². The Kier molecular flexibility index (Phi) is 4.22. The summed E-state index contributed by atoms with van der Waals surface area (Å²) < 4.78 is 2.28. The summed E-state index contributed by atoms with van der Waals surface area (Å²) in [5, 5.41) is 12.8. The summed E-state index contributed by atoms with van der Waals surface area (Å²) in [7, 11) is 0. The Morgan fingerprint density at radius 2 is 1.91 bits per heavy atom. The van der Waals surface area contributed by atoms with Crippen molar-refractivity contribution in [2.45, 2.75) is 62.7 Å². The highest BCUT2D eigenvalue weighted by Crippen LogP contribution is 2.41. The van der Waals surface area contributed by atoms with Crippen molar-refractivity contribution >= 4 is 23.6 Å². The Morgan fingerprint density at radius 3 is 2.57 bits per heavy atom. The van der Waals surface area contributed by atoms with E-state index in [1.807, 2.05) is 0 Å². The van der Waals surface area contributed by atoms with Gasteiger partial charge in [0.05, 0.1) is 5.75 Å². The molecule has 23 heavy (non-hydrogen) atoms. The lowest BCUT2D eigenvalue weighted by Gasteiger charge is -2.31. The van der Waals surface area contributed by atoms with Crippen molar-refractivity contribution in [2.24, 2.45) is 5.92 Å². The first-order valence-electron chi connectivity index (χ1n) is 8.82. The fourth-order valence-corrected chi connectivity index (χ4v) is 3.88.